The number of rotatable bonds is 9. The van der Waals surface area contributed by atoms with Crippen LogP contribution in [-0.4, -0.2) is 42.5 Å². The van der Waals surface area contributed by atoms with Crippen LogP contribution in [0.3, 0.4) is 0 Å². The monoisotopic (exact) mass is 376 g/mol. The highest BCUT2D eigenvalue weighted by Gasteiger charge is 2.10. The third-order valence-electron chi connectivity index (χ3n) is 4.61. The molecule has 0 aliphatic carbocycles. The van der Waals surface area contributed by atoms with Crippen LogP contribution in [0.4, 0.5) is 0 Å². The average molecular weight is 376 g/mol. The van der Waals surface area contributed by atoms with E-state index in [4.69, 9.17) is 9.47 Å². The van der Waals surface area contributed by atoms with Crippen molar-refractivity contribution in [2.75, 3.05) is 26.3 Å². The molecule has 0 fully saturated rings. The number of para-hydroxylation sites is 3. The first-order valence-corrected chi connectivity index (χ1v) is 9.50. The summed E-state index contributed by atoms with van der Waals surface area (Å²) in [5.74, 6) is 1.60. The Morgan fingerprint density at radius 2 is 1.64 bits per heavy atom. The second kappa shape index (κ2) is 8.78. The number of nitrogens with one attached hydrogen (secondary N) is 2. The van der Waals surface area contributed by atoms with Gasteiger partial charge in [0.1, 0.15) is 30.8 Å². The number of H-pyrrole nitrogens is 1. The minimum absolute atomic E-state index is 0.223. The Kier molecular flexibility index (Phi) is 5.75. The van der Waals surface area contributed by atoms with Gasteiger partial charge in [0.25, 0.3) is 0 Å². The molecule has 1 heterocycles. The van der Waals surface area contributed by atoms with E-state index in [1.807, 2.05) is 54.6 Å². The standard InChI is InChI=1S/C23H24N2O3/c26-17(15-24-13-14-27-18-7-2-1-3-8-18)16-28-22-12-6-10-20-19-9-4-5-11-21(19)25-23(20)22/h1-12,17,24-26H,13-16H2. The Morgan fingerprint density at radius 1 is 0.857 bits per heavy atom. The zero-order valence-corrected chi connectivity index (χ0v) is 15.6. The molecule has 0 radical (unpaired) electrons. The van der Waals surface area contributed by atoms with Crippen molar-refractivity contribution in [2.24, 2.45) is 0 Å². The van der Waals surface area contributed by atoms with Crippen LogP contribution in [0.5, 0.6) is 11.5 Å². The lowest BCUT2D eigenvalue weighted by atomic mass is 10.1. The molecule has 0 spiro atoms. The van der Waals surface area contributed by atoms with Crippen molar-refractivity contribution >= 4 is 21.8 Å². The molecule has 0 aliphatic heterocycles. The fraction of sp³-hybridized carbons (Fsp3) is 0.217. The van der Waals surface area contributed by atoms with Crippen LogP contribution >= 0.6 is 0 Å². The van der Waals surface area contributed by atoms with Crippen molar-refractivity contribution in [3.63, 3.8) is 0 Å². The molecule has 0 bridgehead atoms. The van der Waals surface area contributed by atoms with E-state index in [1.54, 1.807) is 0 Å². The minimum Gasteiger partial charge on any atom is -0.492 e. The molecular weight excluding hydrogens is 352 g/mol. The van der Waals surface area contributed by atoms with Gasteiger partial charge in [-0.25, -0.2) is 0 Å². The first-order valence-electron chi connectivity index (χ1n) is 9.50. The van der Waals surface area contributed by atoms with E-state index in [9.17, 15) is 5.11 Å². The summed E-state index contributed by atoms with van der Waals surface area (Å²) in [5, 5.41) is 15.7. The van der Waals surface area contributed by atoms with E-state index < -0.39 is 6.10 Å². The molecule has 1 unspecified atom stereocenters. The van der Waals surface area contributed by atoms with E-state index in [0.717, 1.165) is 27.9 Å². The highest BCUT2D eigenvalue weighted by molar-refractivity contribution is 6.09. The van der Waals surface area contributed by atoms with Gasteiger partial charge in [0.15, 0.2) is 0 Å². The second-order valence-corrected chi connectivity index (χ2v) is 6.68. The van der Waals surface area contributed by atoms with Crippen LogP contribution in [0.1, 0.15) is 0 Å². The van der Waals surface area contributed by atoms with Crippen molar-refractivity contribution in [3.8, 4) is 11.5 Å². The van der Waals surface area contributed by atoms with Gasteiger partial charge in [0.2, 0.25) is 0 Å². The van der Waals surface area contributed by atoms with E-state index in [1.165, 1.54) is 5.39 Å². The average Bonchev–Trinajstić information content (AvgIpc) is 3.12. The number of benzene rings is 3. The van der Waals surface area contributed by atoms with Gasteiger partial charge in [0.05, 0.1) is 5.52 Å². The maximum absolute atomic E-state index is 10.2. The first kappa shape index (κ1) is 18.3. The van der Waals surface area contributed by atoms with Crippen molar-refractivity contribution in [1.29, 1.82) is 0 Å². The highest BCUT2D eigenvalue weighted by atomic mass is 16.5. The number of fused-ring (bicyclic) bond motifs is 3. The predicted octanol–water partition coefficient (Wildman–Crippen LogP) is 3.73. The zero-order chi connectivity index (χ0) is 19.2. The lowest BCUT2D eigenvalue weighted by Gasteiger charge is -2.14. The molecule has 0 saturated heterocycles. The van der Waals surface area contributed by atoms with Gasteiger partial charge in [-0.1, -0.05) is 48.5 Å². The number of aromatic nitrogens is 1. The Balaban J connectivity index is 1.26. The molecule has 144 valence electrons. The number of aliphatic hydroxyl groups excluding tert-OH is 1. The Hall–Kier alpha value is -3.02. The molecule has 5 nitrogen and oxygen atoms in total. The maximum Gasteiger partial charge on any atom is 0.143 e. The lowest BCUT2D eigenvalue weighted by molar-refractivity contribution is 0.106. The van der Waals surface area contributed by atoms with E-state index in [2.05, 4.69) is 28.5 Å². The molecule has 4 rings (SSSR count). The second-order valence-electron chi connectivity index (χ2n) is 6.68. The number of aromatic amines is 1. The Bertz CT molecular complexity index is 1030. The summed E-state index contributed by atoms with van der Waals surface area (Å²) in [6.07, 6.45) is -0.601. The lowest BCUT2D eigenvalue weighted by Crippen LogP contribution is -2.33. The fourth-order valence-electron chi connectivity index (χ4n) is 3.24. The molecular formula is C23H24N2O3. The van der Waals surface area contributed by atoms with Gasteiger partial charge in [-0.05, 0) is 24.3 Å². The third kappa shape index (κ3) is 4.27. The van der Waals surface area contributed by atoms with Gasteiger partial charge in [-0.2, -0.15) is 0 Å². The highest BCUT2D eigenvalue weighted by Crippen LogP contribution is 2.31. The summed E-state index contributed by atoms with van der Waals surface area (Å²) >= 11 is 0. The quantitative estimate of drug-likeness (QED) is 0.390. The molecule has 3 aromatic carbocycles. The zero-order valence-electron chi connectivity index (χ0n) is 15.6. The van der Waals surface area contributed by atoms with Crippen LogP contribution < -0.4 is 14.8 Å². The summed E-state index contributed by atoms with van der Waals surface area (Å²) in [6.45, 7) is 1.87. The smallest absolute Gasteiger partial charge is 0.143 e. The largest absolute Gasteiger partial charge is 0.492 e. The van der Waals surface area contributed by atoms with Crippen LogP contribution in [0, 0.1) is 0 Å². The first-order chi connectivity index (χ1) is 13.8. The Morgan fingerprint density at radius 3 is 2.54 bits per heavy atom. The maximum atomic E-state index is 10.2. The van der Waals surface area contributed by atoms with E-state index >= 15 is 0 Å². The molecule has 0 aliphatic rings. The van der Waals surface area contributed by atoms with Crippen LogP contribution in [0.25, 0.3) is 21.8 Å². The third-order valence-corrected chi connectivity index (χ3v) is 4.61. The van der Waals surface area contributed by atoms with Crippen molar-refractivity contribution in [1.82, 2.24) is 10.3 Å². The Labute approximate surface area is 163 Å². The summed E-state index contributed by atoms with van der Waals surface area (Å²) in [7, 11) is 0. The summed E-state index contributed by atoms with van der Waals surface area (Å²) < 4.78 is 11.5. The fourth-order valence-corrected chi connectivity index (χ4v) is 3.24. The van der Waals surface area contributed by atoms with E-state index in [0.29, 0.717) is 19.7 Å². The van der Waals surface area contributed by atoms with Crippen molar-refractivity contribution < 1.29 is 14.6 Å². The summed E-state index contributed by atoms with van der Waals surface area (Å²) in [4.78, 5) is 3.41. The number of hydrogen-bond donors (Lipinski definition) is 3. The van der Waals surface area contributed by atoms with Gasteiger partial charge in [-0.3, -0.25) is 0 Å². The molecule has 0 saturated carbocycles. The SMILES string of the molecule is OC(CNCCOc1ccccc1)COc1cccc2c1[nH]c1ccccc12. The van der Waals surface area contributed by atoms with Gasteiger partial charge in [0, 0.05) is 29.4 Å². The molecule has 0 amide bonds. The number of hydrogen-bond acceptors (Lipinski definition) is 4. The van der Waals surface area contributed by atoms with E-state index in [-0.39, 0.29) is 6.61 Å². The molecule has 1 atom stereocenters. The summed E-state index contributed by atoms with van der Waals surface area (Å²) in [6, 6.07) is 23.8. The van der Waals surface area contributed by atoms with Gasteiger partial charge in [-0.15, -0.1) is 0 Å². The minimum atomic E-state index is -0.601. The number of ether oxygens (including phenoxy) is 2. The molecule has 28 heavy (non-hydrogen) atoms. The van der Waals surface area contributed by atoms with Gasteiger partial charge < -0.3 is 24.9 Å². The summed E-state index contributed by atoms with van der Waals surface area (Å²) in [5.41, 5.74) is 2.04. The molecule has 1 aromatic heterocycles. The van der Waals surface area contributed by atoms with Gasteiger partial charge >= 0.3 is 0 Å². The normalized spacial score (nSPS) is 12.3. The van der Waals surface area contributed by atoms with Crippen molar-refractivity contribution in [3.05, 3.63) is 72.8 Å². The molecule has 4 aromatic rings. The molecule has 3 N–H and O–H groups in total. The molecule has 5 heteroatoms. The topological polar surface area (TPSA) is 66.5 Å². The number of aliphatic hydroxyl groups is 1. The van der Waals surface area contributed by atoms with Crippen LogP contribution in [0.15, 0.2) is 72.8 Å². The van der Waals surface area contributed by atoms with Crippen molar-refractivity contribution in [2.45, 2.75) is 6.10 Å². The predicted molar refractivity (Wildman–Crippen MR) is 112 cm³/mol. The van der Waals surface area contributed by atoms with Crippen LogP contribution in [-0.2, 0) is 0 Å². The van der Waals surface area contributed by atoms with Crippen LogP contribution in [0.2, 0.25) is 0 Å².